The maximum atomic E-state index is 12.7. The summed E-state index contributed by atoms with van der Waals surface area (Å²) in [6, 6.07) is 15.6. The maximum absolute atomic E-state index is 12.7. The molecule has 0 unspecified atom stereocenters. The van der Waals surface area contributed by atoms with Crippen molar-refractivity contribution in [2.75, 3.05) is 31.7 Å². The van der Waals surface area contributed by atoms with Crippen LogP contribution in [0.1, 0.15) is 25.0 Å². The highest BCUT2D eigenvalue weighted by Gasteiger charge is 2.27. The fourth-order valence-corrected chi connectivity index (χ4v) is 6.04. The normalized spacial score (nSPS) is 14.8. The van der Waals surface area contributed by atoms with E-state index < -0.39 is 23.4 Å². The van der Waals surface area contributed by atoms with Gasteiger partial charge in [-0.05, 0) is 37.1 Å². The number of hydrogen-bond donors (Lipinski definition) is 0. The van der Waals surface area contributed by atoms with Crippen LogP contribution < -0.4 is 0 Å². The van der Waals surface area contributed by atoms with Gasteiger partial charge in [0.2, 0.25) is 0 Å². The molecule has 1 aliphatic heterocycles. The Kier molecular flexibility index (Phi) is 8.43. The van der Waals surface area contributed by atoms with E-state index >= 15 is 0 Å². The van der Waals surface area contributed by atoms with Gasteiger partial charge in [-0.25, -0.2) is 13.2 Å². The molecule has 0 amide bonds. The summed E-state index contributed by atoms with van der Waals surface area (Å²) >= 11 is 0. The first-order chi connectivity index (χ1) is 15.8. The molecule has 0 N–H and O–H groups in total. The van der Waals surface area contributed by atoms with E-state index in [2.05, 4.69) is 0 Å². The number of cyclic esters (lactones) is 1. The van der Waals surface area contributed by atoms with Gasteiger partial charge in [-0.15, -0.1) is 0 Å². The van der Waals surface area contributed by atoms with Crippen molar-refractivity contribution >= 4 is 34.5 Å². The molecule has 0 bridgehead atoms. The number of sulfone groups is 1. The quantitative estimate of drug-likeness (QED) is 0.255. The minimum atomic E-state index is -3.59. The molecule has 33 heavy (non-hydrogen) atoms. The van der Waals surface area contributed by atoms with Gasteiger partial charge in [-0.2, -0.15) is 0 Å². The molecule has 0 spiro atoms. The summed E-state index contributed by atoms with van der Waals surface area (Å²) in [6.45, 7) is 4.06. The number of rotatable bonds is 11. The second kappa shape index (κ2) is 11.1. The van der Waals surface area contributed by atoms with Gasteiger partial charge >= 0.3 is 13.6 Å². The third-order valence-corrected chi connectivity index (χ3v) is 8.52. The number of carbonyl (C=O) groups is 1. The van der Waals surface area contributed by atoms with E-state index in [4.69, 9.17) is 13.8 Å². The molecular formula is C24H27O7PS. The van der Waals surface area contributed by atoms with Crippen molar-refractivity contribution in [2.45, 2.75) is 18.7 Å². The molecule has 2 aromatic carbocycles. The lowest BCUT2D eigenvalue weighted by Gasteiger charge is -2.14. The summed E-state index contributed by atoms with van der Waals surface area (Å²) in [5, 5.41) is 0. The number of allylic oxidation sites excluding steroid dienone is 1. The molecule has 1 aliphatic rings. The fraction of sp³-hybridized carbons (Fsp3) is 0.292. The van der Waals surface area contributed by atoms with Crippen LogP contribution in [0.5, 0.6) is 0 Å². The van der Waals surface area contributed by atoms with Gasteiger partial charge in [0.1, 0.15) is 6.61 Å². The zero-order chi connectivity index (χ0) is 23.9. The highest BCUT2D eigenvalue weighted by molar-refractivity contribution is 7.91. The number of benzene rings is 2. The summed E-state index contributed by atoms with van der Waals surface area (Å²) in [7, 11) is -6.85. The van der Waals surface area contributed by atoms with Crippen LogP contribution in [0.4, 0.5) is 0 Å². The van der Waals surface area contributed by atoms with Gasteiger partial charge in [0.15, 0.2) is 9.84 Å². The van der Waals surface area contributed by atoms with Gasteiger partial charge in [-0.1, -0.05) is 54.6 Å². The SMILES string of the molecule is CCOP(=O)(C/C=C/CS(=O)(=O)c1ccc(C2=C(c3ccccc3)C(=O)OC2)cc1)OCC. The smallest absolute Gasteiger partial charge is 0.339 e. The van der Waals surface area contributed by atoms with Gasteiger partial charge < -0.3 is 13.8 Å². The van der Waals surface area contributed by atoms with Gasteiger partial charge in [0, 0.05) is 5.57 Å². The first-order valence-corrected chi connectivity index (χ1v) is 14.0. The van der Waals surface area contributed by atoms with Crippen molar-refractivity contribution in [3.05, 3.63) is 77.9 Å². The van der Waals surface area contributed by atoms with Crippen molar-refractivity contribution < 1.29 is 31.6 Å². The van der Waals surface area contributed by atoms with E-state index in [0.29, 0.717) is 5.57 Å². The Balaban J connectivity index is 1.74. The van der Waals surface area contributed by atoms with Crippen LogP contribution in [0.15, 0.2) is 71.6 Å². The van der Waals surface area contributed by atoms with Gasteiger partial charge in [0.25, 0.3) is 0 Å². The number of carbonyl (C=O) groups excluding carboxylic acids is 1. The molecule has 1 heterocycles. The lowest BCUT2D eigenvalue weighted by molar-refractivity contribution is -0.133. The van der Waals surface area contributed by atoms with Crippen LogP contribution in [0.2, 0.25) is 0 Å². The van der Waals surface area contributed by atoms with E-state index in [1.807, 2.05) is 30.3 Å². The molecule has 0 saturated heterocycles. The zero-order valence-electron chi connectivity index (χ0n) is 18.6. The Labute approximate surface area is 194 Å². The molecule has 2 aromatic rings. The van der Waals surface area contributed by atoms with Crippen LogP contribution in [0.25, 0.3) is 11.1 Å². The summed E-state index contributed by atoms with van der Waals surface area (Å²) < 4.78 is 53.5. The molecule has 7 nitrogen and oxygen atoms in total. The summed E-state index contributed by atoms with van der Waals surface area (Å²) in [6.07, 6.45) is 2.97. The predicted octanol–water partition coefficient (Wildman–Crippen LogP) is 4.75. The topological polar surface area (TPSA) is 96.0 Å². The molecular weight excluding hydrogens is 463 g/mol. The lowest BCUT2D eigenvalue weighted by Crippen LogP contribution is -2.05. The minimum Gasteiger partial charge on any atom is -0.457 e. The molecule has 3 rings (SSSR count). The average molecular weight is 491 g/mol. The number of ether oxygens (including phenoxy) is 1. The van der Waals surface area contributed by atoms with E-state index in [-0.39, 0.29) is 36.6 Å². The minimum absolute atomic E-state index is 0.00752. The van der Waals surface area contributed by atoms with Crippen molar-refractivity contribution in [3.8, 4) is 0 Å². The van der Waals surface area contributed by atoms with Crippen molar-refractivity contribution in [2.24, 2.45) is 0 Å². The van der Waals surface area contributed by atoms with Gasteiger partial charge in [-0.3, -0.25) is 4.57 Å². The molecule has 0 aliphatic carbocycles. The Bertz CT molecular complexity index is 1170. The third-order valence-electron chi connectivity index (χ3n) is 4.94. The van der Waals surface area contributed by atoms with Crippen LogP contribution in [-0.4, -0.2) is 46.1 Å². The summed E-state index contributed by atoms with van der Waals surface area (Å²) in [4.78, 5) is 12.4. The Morgan fingerprint density at radius 3 is 2.18 bits per heavy atom. The van der Waals surface area contributed by atoms with Crippen LogP contribution in [-0.2, 0) is 33.0 Å². The van der Waals surface area contributed by atoms with E-state index in [1.54, 1.807) is 26.0 Å². The fourth-order valence-electron chi connectivity index (χ4n) is 3.42. The molecule has 0 saturated carbocycles. The predicted molar refractivity (Wildman–Crippen MR) is 128 cm³/mol. The first kappa shape index (κ1) is 25.1. The van der Waals surface area contributed by atoms with Crippen molar-refractivity contribution in [3.63, 3.8) is 0 Å². The summed E-state index contributed by atoms with van der Waals surface area (Å²) in [5.41, 5.74) is 2.69. The Morgan fingerprint density at radius 1 is 0.939 bits per heavy atom. The van der Waals surface area contributed by atoms with Gasteiger partial charge in [0.05, 0.1) is 35.6 Å². The average Bonchev–Trinajstić information content (AvgIpc) is 3.19. The second-order valence-electron chi connectivity index (χ2n) is 7.20. The van der Waals surface area contributed by atoms with E-state index in [1.165, 1.54) is 24.3 Å². The lowest BCUT2D eigenvalue weighted by atomic mass is 9.97. The number of esters is 1. The first-order valence-electron chi connectivity index (χ1n) is 10.6. The van der Waals surface area contributed by atoms with Crippen molar-refractivity contribution in [1.82, 2.24) is 0 Å². The highest BCUT2D eigenvalue weighted by Crippen LogP contribution is 2.47. The highest BCUT2D eigenvalue weighted by atomic mass is 32.2. The molecule has 0 atom stereocenters. The molecule has 0 fully saturated rings. The molecule has 0 radical (unpaired) electrons. The van der Waals surface area contributed by atoms with Crippen molar-refractivity contribution in [1.29, 1.82) is 0 Å². The van der Waals surface area contributed by atoms with Crippen LogP contribution in [0, 0.1) is 0 Å². The van der Waals surface area contributed by atoms with Crippen LogP contribution >= 0.6 is 7.60 Å². The second-order valence-corrected chi connectivity index (χ2v) is 11.3. The monoisotopic (exact) mass is 490 g/mol. The van der Waals surface area contributed by atoms with Crippen LogP contribution in [0.3, 0.4) is 0 Å². The Hall–Kier alpha value is -2.51. The zero-order valence-corrected chi connectivity index (χ0v) is 20.3. The molecule has 176 valence electrons. The van der Waals surface area contributed by atoms with E-state index in [9.17, 15) is 17.8 Å². The standard InChI is InChI=1S/C24H27O7PS/c1-3-30-32(26,31-4-2)16-8-9-17-33(27,28)21-14-12-19(13-15-21)22-18-29-24(25)23(22)20-10-6-5-7-11-20/h5-15H,3-4,16-18H2,1-2H3/b9-8+. The van der Waals surface area contributed by atoms with E-state index in [0.717, 1.165) is 16.7 Å². The molecule has 0 aromatic heterocycles. The largest absolute Gasteiger partial charge is 0.457 e. The third kappa shape index (κ3) is 6.30. The molecule has 9 heteroatoms. The maximum Gasteiger partial charge on any atom is 0.339 e. The number of hydrogen-bond acceptors (Lipinski definition) is 7. The summed E-state index contributed by atoms with van der Waals surface area (Å²) in [5.74, 6) is -0.640. The Morgan fingerprint density at radius 2 is 1.58 bits per heavy atom.